The lowest BCUT2D eigenvalue weighted by atomic mass is 9.83. The number of hydrogen-bond acceptors (Lipinski definition) is 5. The van der Waals surface area contributed by atoms with Crippen molar-refractivity contribution in [1.82, 2.24) is 15.5 Å². The molecule has 4 N–H and O–H groups in total. The van der Waals surface area contributed by atoms with E-state index in [1.54, 1.807) is 11.0 Å². The smallest absolute Gasteiger partial charge is 0.251 e. The molecule has 1 unspecified atom stereocenters. The largest absolute Gasteiger partial charge is 0.493 e. The lowest BCUT2D eigenvalue weighted by molar-refractivity contribution is -0.0327. The van der Waals surface area contributed by atoms with Crippen molar-refractivity contribution in [2.45, 2.75) is 96.2 Å². The number of nitrogens with one attached hydrogen (secondary N) is 3. The molecule has 5 atom stereocenters. The molecule has 1 saturated heterocycles. The zero-order valence-electron chi connectivity index (χ0n) is 24.7. The van der Waals surface area contributed by atoms with E-state index >= 15 is 0 Å². The number of amides is 1. The van der Waals surface area contributed by atoms with Gasteiger partial charge < -0.3 is 30.1 Å². The molecule has 8 heteroatoms. The van der Waals surface area contributed by atoms with E-state index in [2.05, 4.69) is 44.1 Å². The molecule has 2 aromatic carbocycles. The van der Waals surface area contributed by atoms with Crippen molar-refractivity contribution in [3.05, 3.63) is 71.3 Å². The maximum absolute atomic E-state index is 13.7. The Kier molecular flexibility index (Phi) is 8.32. The molecule has 0 aliphatic carbocycles. The van der Waals surface area contributed by atoms with Crippen LogP contribution in [0.4, 0.5) is 0 Å². The Morgan fingerprint density at radius 2 is 2.05 bits per heavy atom. The monoisotopic (exact) mass is 560 g/mol. The molecule has 5 rings (SSSR count). The Balaban J connectivity index is 1.39. The number of aryl methyl sites for hydroxylation is 1. The lowest BCUT2D eigenvalue weighted by Crippen LogP contribution is -2.64. The van der Waals surface area contributed by atoms with Crippen LogP contribution in [0.25, 0.3) is 0 Å². The van der Waals surface area contributed by atoms with Crippen LogP contribution in [0.5, 0.6) is 11.5 Å². The van der Waals surface area contributed by atoms with Crippen LogP contribution in [0.15, 0.2) is 49.1 Å². The minimum atomic E-state index is -0.822. The first kappa shape index (κ1) is 29.0. The number of aliphatic hydroxyl groups excluding tert-OH is 1. The van der Waals surface area contributed by atoms with Crippen LogP contribution < -0.4 is 20.1 Å². The summed E-state index contributed by atoms with van der Waals surface area (Å²) in [6.07, 6.45) is 5.30. The van der Waals surface area contributed by atoms with Crippen molar-refractivity contribution in [2.24, 2.45) is 5.92 Å². The fourth-order valence-electron chi connectivity index (χ4n) is 6.49. The summed E-state index contributed by atoms with van der Waals surface area (Å²) in [5.41, 5.74) is 3.12. The Morgan fingerprint density at radius 1 is 1.27 bits per heavy atom. The fraction of sp³-hybridized carbons (Fsp3) is 0.515. The van der Waals surface area contributed by atoms with Crippen LogP contribution in [0, 0.1) is 18.3 Å². The fourth-order valence-corrected chi connectivity index (χ4v) is 6.49. The molecule has 1 amide bonds. The molecular weight excluding hydrogens is 516 g/mol. The van der Waals surface area contributed by atoms with E-state index < -0.39 is 6.23 Å². The average Bonchev–Trinajstić information content (AvgIpc) is 2.95. The maximum atomic E-state index is 13.7. The van der Waals surface area contributed by atoms with Crippen LogP contribution in [-0.2, 0) is 0 Å². The summed E-state index contributed by atoms with van der Waals surface area (Å²) in [5.74, 6) is 1.86. The summed E-state index contributed by atoms with van der Waals surface area (Å²) >= 11 is 0. The minimum absolute atomic E-state index is 0.0117. The Hall–Kier alpha value is -3.52. The van der Waals surface area contributed by atoms with E-state index in [0.29, 0.717) is 43.1 Å². The van der Waals surface area contributed by atoms with Gasteiger partial charge in [0.25, 0.3) is 5.91 Å². The standard InChI is InChI=1S/C33H44N4O4/c1-6-8-14-33(7-2)19-30(38)37(32(34)36-33)26-13-15-40-27-12-10-22(17-24(26)27)31(39)35-25-18-29(20(3)4)41-28-11-9-21(5)16-23(25)28/h6,9-12,16-17,20,25-26,29-30,38H,1,7-8,13-15,18-19H2,2-5H3,(H2,34,36)(H,35,39)/t25-,26+,29+,30?,33+/m0/s1. The van der Waals surface area contributed by atoms with Crippen molar-refractivity contribution >= 4 is 11.9 Å². The summed E-state index contributed by atoms with van der Waals surface area (Å²) in [6.45, 7) is 12.7. The molecule has 3 heterocycles. The number of carbonyl (C=O) groups is 1. The lowest BCUT2D eigenvalue weighted by Gasteiger charge is -2.50. The molecule has 220 valence electrons. The Morgan fingerprint density at radius 3 is 2.76 bits per heavy atom. The second-order valence-electron chi connectivity index (χ2n) is 12.1. The predicted octanol–water partition coefficient (Wildman–Crippen LogP) is 5.76. The molecule has 41 heavy (non-hydrogen) atoms. The zero-order valence-corrected chi connectivity index (χ0v) is 24.7. The van der Waals surface area contributed by atoms with Crippen molar-refractivity contribution < 1.29 is 19.4 Å². The third-order valence-electron chi connectivity index (χ3n) is 8.99. The van der Waals surface area contributed by atoms with Gasteiger partial charge >= 0.3 is 0 Å². The summed E-state index contributed by atoms with van der Waals surface area (Å²) < 4.78 is 12.2. The summed E-state index contributed by atoms with van der Waals surface area (Å²) in [5, 5.41) is 26.9. The van der Waals surface area contributed by atoms with Crippen molar-refractivity contribution in [2.75, 3.05) is 6.61 Å². The Labute approximate surface area is 243 Å². The number of aliphatic hydroxyl groups is 1. The third kappa shape index (κ3) is 5.80. The molecule has 3 aliphatic heterocycles. The van der Waals surface area contributed by atoms with E-state index in [9.17, 15) is 9.90 Å². The van der Waals surface area contributed by atoms with Crippen molar-refractivity contribution in [1.29, 1.82) is 5.41 Å². The van der Waals surface area contributed by atoms with E-state index in [-0.39, 0.29) is 35.6 Å². The van der Waals surface area contributed by atoms with Gasteiger partial charge in [-0.2, -0.15) is 0 Å². The van der Waals surface area contributed by atoms with Crippen LogP contribution in [0.3, 0.4) is 0 Å². The number of ether oxygens (including phenoxy) is 2. The molecule has 0 aromatic heterocycles. The van der Waals surface area contributed by atoms with E-state index in [0.717, 1.165) is 41.7 Å². The van der Waals surface area contributed by atoms with Gasteiger partial charge in [-0.15, -0.1) is 6.58 Å². The van der Waals surface area contributed by atoms with Gasteiger partial charge in [0.1, 0.15) is 23.8 Å². The van der Waals surface area contributed by atoms with E-state index in [4.69, 9.17) is 14.9 Å². The van der Waals surface area contributed by atoms with E-state index in [1.165, 1.54) is 0 Å². The molecule has 1 fully saturated rings. The van der Waals surface area contributed by atoms with Gasteiger partial charge in [-0.3, -0.25) is 10.2 Å². The number of guanidine groups is 1. The first-order chi connectivity index (χ1) is 19.6. The Bertz CT molecular complexity index is 1310. The summed E-state index contributed by atoms with van der Waals surface area (Å²) in [4.78, 5) is 15.4. The summed E-state index contributed by atoms with van der Waals surface area (Å²) in [6, 6.07) is 11.2. The number of fused-ring (bicyclic) bond motifs is 2. The quantitative estimate of drug-likeness (QED) is 0.306. The van der Waals surface area contributed by atoms with Crippen molar-refractivity contribution in [3.63, 3.8) is 0 Å². The third-order valence-corrected chi connectivity index (χ3v) is 8.99. The van der Waals surface area contributed by atoms with Crippen LogP contribution >= 0.6 is 0 Å². The van der Waals surface area contributed by atoms with Gasteiger partial charge in [-0.25, -0.2) is 0 Å². The highest BCUT2D eigenvalue weighted by Crippen LogP contribution is 2.42. The number of carbonyl (C=O) groups excluding carboxylic acids is 1. The van der Waals surface area contributed by atoms with Gasteiger partial charge in [-0.05, 0) is 56.4 Å². The number of hydrogen-bond donors (Lipinski definition) is 4. The molecular formula is C33H44N4O4. The van der Waals surface area contributed by atoms with Gasteiger partial charge in [0.05, 0.1) is 18.7 Å². The maximum Gasteiger partial charge on any atom is 0.251 e. The highest BCUT2D eigenvalue weighted by molar-refractivity contribution is 5.95. The van der Waals surface area contributed by atoms with Gasteiger partial charge in [0, 0.05) is 41.5 Å². The number of allylic oxidation sites excluding steroid dienone is 1. The molecule has 0 bridgehead atoms. The molecule has 0 spiro atoms. The number of benzene rings is 2. The van der Waals surface area contributed by atoms with Crippen LogP contribution in [0.2, 0.25) is 0 Å². The van der Waals surface area contributed by atoms with Crippen molar-refractivity contribution in [3.8, 4) is 11.5 Å². The highest BCUT2D eigenvalue weighted by Gasteiger charge is 2.44. The van der Waals surface area contributed by atoms with Gasteiger partial charge in [0.2, 0.25) is 0 Å². The molecule has 3 aliphatic rings. The second kappa shape index (κ2) is 11.8. The first-order valence-electron chi connectivity index (χ1n) is 14.9. The average molecular weight is 561 g/mol. The van der Waals surface area contributed by atoms with E-state index in [1.807, 2.05) is 37.3 Å². The second-order valence-corrected chi connectivity index (χ2v) is 12.1. The highest BCUT2D eigenvalue weighted by atomic mass is 16.5. The topological polar surface area (TPSA) is 107 Å². The molecule has 0 saturated carbocycles. The number of rotatable bonds is 8. The first-order valence-corrected chi connectivity index (χ1v) is 14.9. The van der Waals surface area contributed by atoms with Gasteiger partial charge in [-0.1, -0.05) is 44.5 Å². The van der Waals surface area contributed by atoms with Gasteiger partial charge in [0.15, 0.2) is 5.96 Å². The molecule has 8 nitrogen and oxygen atoms in total. The SMILES string of the molecule is C=CCC[C@]1(CC)CC(O)N([C@@H]2CCOc3ccc(C(=O)N[C@H]4C[C@H](C(C)C)Oc5ccc(C)cc54)cc32)C(=N)N1. The molecule has 2 aromatic rings. The predicted molar refractivity (Wildman–Crippen MR) is 160 cm³/mol. The number of nitrogens with zero attached hydrogens (tertiary/aromatic N) is 1. The van der Waals surface area contributed by atoms with Crippen LogP contribution in [0.1, 0.15) is 98.4 Å². The molecule has 0 radical (unpaired) electrons. The summed E-state index contributed by atoms with van der Waals surface area (Å²) in [7, 11) is 0. The normalized spacial score (nSPS) is 27.2. The minimum Gasteiger partial charge on any atom is -0.493 e. The zero-order chi connectivity index (χ0) is 29.3. The van der Waals surface area contributed by atoms with Crippen LogP contribution in [-0.4, -0.2) is 46.4 Å².